The van der Waals surface area contributed by atoms with E-state index in [0.717, 1.165) is 43.2 Å². The first-order chi connectivity index (χ1) is 13.9. The van der Waals surface area contributed by atoms with Gasteiger partial charge in [-0.05, 0) is 81.0 Å². The molecule has 2 spiro atoms. The van der Waals surface area contributed by atoms with Crippen LogP contribution in [0.4, 0.5) is 0 Å². The van der Waals surface area contributed by atoms with Gasteiger partial charge in [0.05, 0.1) is 6.10 Å². The summed E-state index contributed by atoms with van der Waals surface area (Å²) in [6.45, 7) is 8.34. The molecule has 5 heteroatoms. The maximum Gasteiger partial charge on any atom is 0.283 e. The molecule has 0 radical (unpaired) electrons. The molecule has 1 atom stereocenters. The molecule has 3 aliphatic rings. The van der Waals surface area contributed by atoms with Gasteiger partial charge in [0.2, 0.25) is 0 Å². The number of benzene rings is 1. The second kappa shape index (κ2) is 7.45. The Labute approximate surface area is 173 Å². The number of allylic oxidation sites excluding steroid dienone is 3. The molecule has 1 aromatic rings. The van der Waals surface area contributed by atoms with Crippen molar-refractivity contribution in [3.8, 4) is 0 Å². The number of methoxy groups -OCH3 is 1. The van der Waals surface area contributed by atoms with E-state index in [0.29, 0.717) is 18.7 Å². The van der Waals surface area contributed by atoms with Gasteiger partial charge in [0.15, 0.2) is 0 Å². The fourth-order valence-corrected chi connectivity index (χ4v) is 5.51. The smallest absolute Gasteiger partial charge is 0.283 e. The molecule has 1 fully saturated rings. The monoisotopic (exact) mass is 393 g/mol. The van der Waals surface area contributed by atoms with Gasteiger partial charge < -0.3 is 15.2 Å². The number of amidine groups is 1. The number of ether oxygens (including phenoxy) is 2. The first-order valence-electron chi connectivity index (χ1n) is 10.4. The Hall–Kier alpha value is -2.40. The van der Waals surface area contributed by atoms with Gasteiger partial charge in [-0.3, -0.25) is 4.99 Å². The first-order valence-corrected chi connectivity index (χ1v) is 10.4. The van der Waals surface area contributed by atoms with Crippen LogP contribution < -0.4 is 5.73 Å². The molecule has 1 aliphatic heterocycles. The van der Waals surface area contributed by atoms with Crippen molar-refractivity contribution in [1.29, 1.82) is 0 Å². The zero-order valence-electron chi connectivity index (χ0n) is 17.7. The Morgan fingerprint density at radius 1 is 1.34 bits per heavy atom. The quantitative estimate of drug-likeness (QED) is 0.610. The summed E-state index contributed by atoms with van der Waals surface area (Å²) in [7, 11) is 1.81. The zero-order chi connectivity index (χ0) is 20.6. The maximum absolute atomic E-state index is 6.06. The summed E-state index contributed by atoms with van der Waals surface area (Å²) in [6.07, 6.45) is 9.56. The van der Waals surface area contributed by atoms with Crippen LogP contribution in [0.5, 0.6) is 0 Å². The molecule has 1 aromatic carbocycles. The summed E-state index contributed by atoms with van der Waals surface area (Å²) >= 11 is 0. The van der Waals surface area contributed by atoms with Crippen LogP contribution in [0, 0.1) is 5.41 Å². The van der Waals surface area contributed by atoms with Gasteiger partial charge in [-0.25, -0.2) is 4.99 Å². The van der Waals surface area contributed by atoms with Gasteiger partial charge in [-0.15, -0.1) is 0 Å². The highest BCUT2D eigenvalue weighted by molar-refractivity contribution is 5.78. The average molecular weight is 394 g/mol. The lowest BCUT2D eigenvalue weighted by atomic mass is 9.62. The van der Waals surface area contributed by atoms with Gasteiger partial charge >= 0.3 is 0 Å². The molecule has 0 saturated heterocycles. The normalized spacial score (nSPS) is 30.8. The standard InChI is InChI=1S/C24H31N3O2/c1-16(2)11-19(14-26-3)17-5-6-18-13-23(9-7-20(28-4)8-10-23)24(21(18)12-17)15-29-22(25)27-24/h5-6,11-12,14,20H,3,7-10,13,15H2,1-2,4H3,(H2,25,27)/b19-14+/t20-,23-,24?. The van der Waals surface area contributed by atoms with Crippen LogP contribution in [0.1, 0.15) is 56.2 Å². The number of hydrogen-bond donors (Lipinski definition) is 1. The highest BCUT2D eigenvalue weighted by atomic mass is 16.5. The first kappa shape index (κ1) is 19.9. The predicted molar refractivity (Wildman–Crippen MR) is 118 cm³/mol. The highest BCUT2D eigenvalue weighted by Crippen LogP contribution is 2.61. The second-order valence-corrected chi connectivity index (χ2v) is 8.85. The van der Waals surface area contributed by atoms with E-state index in [-0.39, 0.29) is 5.41 Å². The van der Waals surface area contributed by atoms with Crippen LogP contribution in [0.3, 0.4) is 0 Å². The van der Waals surface area contributed by atoms with Crippen molar-refractivity contribution in [3.05, 3.63) is 52.7 Å². The minimum absolute atomic E-state index is 0.0428. The van der Waals surface area contributed by atoms with Crippen molar-refractivity contribution in [2.45, 2.75) is 57.6 Å². The van der Waals surface area contributed by atoms with E-state index >= 15 is 0 Å². The van der Waals surface area contributed by atoms with Crippen molar-refractivity contribution in [2.24, 2.45) is 21.1 Å². The molecule has 1 heterocycles. The molecule has 5 nitrogen and oxygen atoms in total. The van der Waals surface area contributed by atoms with Crippen LogP contribution in [-0.4, -0.2) is 32.6 Å². The van der Waals surface area contributed by atoms with Crippen molar-refractivity contribution < 1.29 is 9.47 Å². The zero-order valence-corrected chi connectivity index (χ0v) is 17.7. The fourth-order valence-electron chi connectivity index (χ4n) is 5.51. The van der Waals surface area contributed by atoms with Crippen molar-refractivity contribution >= 4 is 18.3 Å². The Bertz CT molecular complexity index is 903. The number of rotatable bonds is 4. The Morgan fingerprint density at radius 2 is 2.10 bits per heavy atom. The Kier molecular flexibility index (Phi) is 5.11. The molecule has 29 heavy (non-hydrogen) atoms. The minimum Gasteiger partial charge on any atom is -0.462 e. The van der Waals surface area contributed by atoms with E-state index in [1.54, 1.807) is 0 Å². The van der Waals surface area contributed by atoms with E-state index < -0.39 is 5.54 Å². The molecule has 154 valence electrons. The molecule has 0 bridgehead atoms. The second-order valence-electron chi connectivity index (χ2n) is 8.85. The summed E-state index contributed by atoms with van der Waals surface area (Å²) < 4.78 is 11.4. The van der Waals surface area contributed by atoms with Crippen LogP contribution >= 0.6 is 0 Å². The van der Waals surface area contributed by atoms with Gasteiger partial charge in [0.1, 0.15) is 12.1 Å². The number of nitrogens with zero attached hydrogens (tertiary/aromatic N) is 2. The molecule has 4 rings (SSSR count). The third-order valence-electron chi connectivity index (χ3n) is 6.92. The minimum atomic E-state index is -0.404. The van der Waals surface area contributed by atoms with E-state index in [1.807, 2.05) is 13.3 Å². The number of hydrogen-bond acceptors (Lipinski definition) is 5. The molecule has 2 N–H and O–H groups in total. The van der Waals surface area contributed by atoms with E-state index in [2.05, 4.69) is 49.8 Å². The summed E-state index contributed by atoms with van der Waals surface area (Å²) in [5.41, 5.74) is 11.7. The predicted octanol–water partition coefficient (Wildman–Crippen LogP) is 4.37. The Morgan fingerprint density at radius 3 is 2.69 bits per heavy atom. The van der Waals surface area contributed by atoms with Gasteiger partial charge in [-0.1, -0.05) is 23.8 Å². The number of fused-ring (bicyclic) bond motifs is 3. The third-order valence-corrected chi connectivity index (χ3v) is 6.92. The van der Waals surface area contributed by atoms with Crippen LogP contribution in [0.2, 0.25) is 0 Å². The lowest BCUT2D eigenvalue weighted by Crippen LogP contribution is -2.46. The summed E-state index contributed by atoms with van der Waals surface area (Å²) in [5, 5.41) is 0. The van der Waals surface area contributed by atoms with Gasteiger partial charge in [0.25, 0.3) is 6.02 Å². The van der Waals surface area contributed by atoms with Crippen molar-refractivity contribution in [3.63, 3.8) is 0 Å². The summed E-state index contributed by atoms with van der Waals surface area (Å²) in [4.78, 5) is 8.98. The molecular weight excluding hydrogens is 362 g/mol. The lowest BCUT2D eigenvalue weighted by molar-refractivity contribution is -0.00984. The SMILES string of the molecule is C=N/C=C(\C=C(C)C)c1ccc2c(c1)C1(COC(N)=N1)[C@]1(CC[C@H](OC)CC1)C2. The highest BCUT2D eigenvalue weighted by Gasteiger charge is 2.61. The van der Waals surface area contributed by atoms with Crippen molar-refractivity contribution in [1.82, 2.24) is 0 Å². The maximum atomic E-state index is 6.06. The van der Waals surface area contributed by atoms with Crippen molar-refractivity contribution in [2.75, 3.05) is 13.7 Å². The summed E-state index contributed by atoms with van der Waals surface area (Å²) in [5.74, 6) is 0. The van der Waals surface area contributed by atoms with E-state index in [4.69, 9.17) is 20.2 Å². The molecule has 0 amide bonds. The molecular formula is C24H31N3O2. The molecule has 2 aliphatic carbocycles. The lowest BCUT2D eigenvalue weighted by Gasteiger charge is -2.45. The largest absolute Gasteiger partial charge is 0.462 e. The van der Waals surface area contributed by atoms with Crippen LogP contribution in [-0.2, 0) is 21.4 Å². The topological polar surface area (TPSA) is 69.2 Å². The van der Waals surface area contributed by atoms with Gasteiger partial charge in [-0.2, -0.15) is 0 Å². The van der Waals surface area contributed by atoms with E-state index in [1.165, 1.54) is 16.7 Å². The number of nitrogens with two attached hydrogens (primary N) is 1. The van der Waals surface area contributed by atoms with E-state index in [9.17, 15) is 0 Å². The van der Waals surface area contributed by atoms with Crippen LogP contribution in [0.25, 0.3) is 5.57 Å². The van der Waals surface area contributed by atoms with Gasteiger partial charge in [0, 0.05) is 18.7 Å². The Balaban J connectivity index is 1.81. The third kappa shape index (κ3) is 3.21. The molecule has 1 saturated carbocycles. The average Bonchev–Trinajstić information content (AvgIpc) is 3.21. The van der Waals surface area contributed by atoms with Crippen LogP contribution in [0.15, 0.2) is 46.0 Å². The summed E-state index contributed by atoms with van der Waals surface area (Å²) in [6, 6.07) is 7.02. The molecule has 1 unspecified atom stereocenters. The fraction of sp³-hybridized carbons (Fsp3) is 0.500. The molecule has 0 aromatic heterocycles. The number of aliphatic imine (C=N–C) groups is 2.